The van der Waals surface area contributed by atoms with E-state index in [-0.39, 0.29) is 0 Å². The summed E-state index contributed by atoms with van der Waals surface area (Å²) in [7, 11) is 0. The molecule has 0 atom stereocenters. The minimum Gasteiger partial charge on any atom is -0.494 e. The average Bonchev–Trinajstić information content (AvgIpc) is 2.71. The molecule has 2 rings (SSSR count). The van der Waals surface area contributed by atoms with Crippen LogP contribution in [0.2, 0.25) is 0 Å². The van der Waals surface area contributed by atoms with Gasteiger partial charge in [-0.15, -0.1) is 5.73 Å². The quantitative estimate of drug-likeness (QED) is 0.425. The molecule has 0 bridgehead atoms. The zero-order chi connectivity index (χ0) is 19.2. The third-order valence-electron chi connectivity index (χ3n) is 4.61. The fraction of sp³-hybridized carbons (Fsp3) is 0.542. The van der Waals surface area contributed by atoms with Crippen LogP contribution in [0.1, 0.15) is 78.2 Å². The first kappa shape index (κ1) is 22.7. The number of benzene rings is 1. The fourth-order valence-corrected chi connectivity index (χ4v) is 3.91. The van der Waals surface area contributed by atoms with Gasteiger partial charge in [-0.05, 0) is 54.4 Å². The molecular formula is C24H36OS. The number of ether oxygens (including phenoxy) is 1. The normalized spacial score (nSPS) is 14.8. The van der Waals surface area contributed by atoms with Crippen LogP contribution in [0, 0.1) is 5.92 Å². The number of hydrogen-bond acceptors (Lipinski definition) is 2. The van der Waals surface area contributed by atoms with E-state index in [0.717, 1.165) is 29.6 Å². The Labute approximate surface area is 165 Å². The van der Waals surface area contributed by atoms with Crippen molar-refractivity contribution >= 4 is 17.8 Å². The van der Waals surface area contributed by atoms with Crippen molar-refractivity contribution in [3.8, 4) is 5.75 Å². The second-order valence-electron chi connectivity index (χ2n) is 6.51. The van der Waals surface area contributed by atoms with E-state index in [1.54, 1.807) is 11.8 Å². The van der Waals surface area contributed by atoms with Crippen molar-refractivity contribution in [3.05, 3.63) is 51.9 Å². The molecule has 0 aromatic heterocycles. The Balaban J connectivity index is 0.00000163. The van der Waals surface area contributed by atoms with Gasteiger partial charge < -0.3 is 4.74 Å². The summed E-state index contributed by atoms with van der Waals surface area (Å²) in [4.78, 5) is 2.44. The lowest BCUT2D eigenvalue weighted by Gasteiger charge is -2.21. The molecule has 144 valence electrons. The van der Waals surface area contributed by atoms with Crippen LogP contribution < -0.4 is 4.74 Å². The van der Waals surface area contributed by atoms with Crippen molar-refractivity contribution in [2.24, 2.45) is 5.92 Å². The molecule has 0 unspecified atom stereocenters. The molecule has 1 aliphatic carbocycles. The van der Waals surface area contributed by atoms with Crippen molar-refractivity contribution in [2.75, 3.05) is 6.61 Å². The van der Waals surface area contributed by atoms with E-state index >= 15 is 0 Å². The molecule has 0 amide bonds. The molecular weight excluding hydrogens is 336 g/mol. The highest BCUT2D eigenvalue weighted by atomic mass is 32.2. The van der Waals surface area contributed by atoms with Crippen LogP contribution in [0.15, 0.2) is 46.4 Å². The fourth-order valence-electron chi connectivity index (χ4n) is 3.10. The predicted octanol–water partition coefficient (Wildman–Crippen LogP) is 8.23. The molecule has 1 aromatic rings. The molecule has 1 fully saturated rings. The van der Waals surface area contributed by atoms with E-state index in [1.807, 2.05) is 20.8 Å². The Kier molecular flexibility index (Phi) is 12.0. The standard InChI is InChI=1S/C22H30OS.C2H6/c1-4-18(3)24-22(5-2)17-20-11-13-21(14-12-20)23-16-15-19-9-7-6-8-10-19;1-2/h11-14,17,19H,1,5-10,15-16H2,2-3H3;1-2H3/b22-17-;. The Morgan fingerprint density at radius 3 is 2.42 bits per heavy atom. The van der Waals surface area contributed by atoms with Gasteiger partial charge in [0.15, 0.2) is 0 Å². The zero-order valence-corrected chi connectivity index (χ0v) is 18.0. The lowest BCUT2D eigenvalue weighted by molar-refractivity contribution is 0.246. The number of thioether (sulfide) groups is 1. The molecule has 2 heteroatoms. The molecule has 1 aromatic carbocycles. The van der Waals surface area contributed by atoms with Crippen LogP contribution in [0.4, 0.5) is 0 Å². The van der Waals surface area contributed by atoms with E-state index in [9.17, 15) is 0 Å². The topological polar surface area (TPSA) is 9.23 Å². The molecule has 1 saturated carbocycles. The monoisotopic (exact) mass is 372 g/mol. The summed E-state index contributed by atoms with van der Waals surface area (Å²) < 4.78 is 5.93. The van der Waals surface area contributed by atoms with Crippen molar-refractivity contribution in [1.82, 2.24) is 0 Å². The number of allylic oxidation sites excluding steroid dienone is 2. The van der Waals surface area contributed by atoms with Crippen LogP contribution in [-0.2, 0) is 0 Å². The summed E-state index contributed by atoms with van der Waals surface area (Å²) in [5, 5.41) is 0. The Hall–Kier alpha value is -1.37. The highest BCUT2D eigenvalue weighted by molar-refractivity contribution is 8.06. The second kappa shape index (κ2) is 13.8. The van der Waals surface area contributed by atoms with Gasteiger partial charge in [0.25, 0.3) is 0 Å². The third-order valence-corrected chi connectivity index (χ3v) is 5.73. The van der Waals surface area contributed by atoms with Gasteiger partial charge in [0.05, 0.1) is 6.61 Å². The maximum Gasteiger partial charge on any atom is 0.119 e. The summed E-state index contributed by atoms with van der Waals surface area (Å²) >= 11 is 1.75. The largest absolute Gasteiger partial charge is 0.494 e. The molecule has 0 heterocycles. The minimum absolute atomic E-state index is 0.846. The van der Waals surface area contributed by atoms with Crippen molar-refractivity contribution in [3.63, 3.8) is 0 Å². The molecule has 0 aliphatic heterocycles. The van der Waals surface area contributed by atoms with E-state index in [0.29, 0.717) is 0 Å². The van der Waals surface area contributed by atoms with Crippen LogP contribution in [0.25, 0.3) is 6.08 Å². The lowest BCUT2D eigenvalue weighted by atomic mass is 9.87. The van der Waals surface area contributed by atoms with Gasteiger partial charge in [-0.3, -0.25) is 0 Å². The molecule has 0 saturated heterocycles. The summed E-state index contributed by atoms with van der Waals surface area (Å²) in [5.74, 6) is 1.86. The van der Waals surface area contributed by atoms with Crippen LogP contribution >= 0.6 is 11.8 Å². The number of rotatable bonds is 8. The van der Waals surface area contributed by atoms with Gasteiger partial charge in [0, 0.05) is 4.91 Å². The van der Waals surface area contributed by atoms with Gasteiger partial charge >= 0.3 is 0 Å². The lowest BCUT2D eigenvalue weighted by Crippen LogP contribution is -2.10. The Bertz CT molecular complexity index is 573. The predicted molar refractivity (Wildman–Crippen MR) is 119 cm³/mol. The summed E-state index contributed by atoms with van der Waals surface area (Å²) in [5.41, 5.74) is 4.16. The molecule has 0 radical (unpaired) electrons. The summed E-state index contributed by atoms with van der Waals surface area (Å²) in [6.07, 6.45) is 11.5. The molecule has 1 aliphatic rings. The van der Waals surface area contributed by atoms with Crippen LogP contribution in [0.5, 0.6) is 5.75 Å². The summed E-state index contributed by atoms with van der Waals surface area (Å²) in [6.45, 7) is 12.8. The number of hydrogen-bond donors (Lipinski definition) is 0. The molecule has 0 N–H and O–H groups in total. The van der Waals surface area contributed by atoms with Crippen molar-refractivity contribution in [2.45, 2.75) is 72.6 Å². The first-order valence-electron chi connectivity index (χ1n) is 10.2. The SMILES string of the molecule is C=C=C(C)S/C(=C\c1ccc(OCCC2CCCCC2)cc1)CC.CC. The van der Waals surface area contributed by atoms with E-state index in [1.165, 1.54) is 49.0 Å². The zero-order valence-electron chi connectivity index (χ0n) is 17.1. The van der Waals surface area contributed by atoms with E-state index < -0.39 is 0 Å². The molecule has 0 spiro atoms. The minimum atomic E-state index is 0.846. The van der Waals surface area contributed by atoms with Crippen molar-refractivity contribution < 1.29 is 4.74 Å². The van der Waals surface area contributed by atoms with Gasteiger partial charge in [0.1, 0.15) is 5.75 Å². The first-order valence-corrected chi connectivity index (χ1v) is 11.0. The van der Waals surface area contributed by atoms with Gasteiger partial charge in [-0.2, -0.15) is 0 Å². The highest BCUT2D eigenvalue weighted by Gasteiger charge is 2.13. The third kappa shape index (κ3) is 8.83. The van der Waals surface area contributed by atoms with E-state index in [4.69, 9.17) is 4.74 Å². The first-order chi connectivity index (χ1) is 12.7. The maximum atomic E-state index is 5.93. The highest BCUT2D eigenvalue weighted by Crippen LogP contribution is 2.29. The summed E-state index contributed by atoms with van der Waals surface area (Å²) in [6, 6.07) is 8.44. The van der Waals surface area contributed by atoms with Gasteiger partial charge in [0.2, 0.25) is 0 Å². The van der Waals surface area contributed by atoms with Crippen molar-refractivity contribution in [1.29, 1.82) is 0 Å². The van der Waals surface area contributed by atoms with Gasteiger partial charge in [-0.1, -0.05) is 83.3 Å². The average molecular weight is 373 g/mol. The smallest absolute Gasteiger partial charge is 0.119 e. The van der Waals surface area contributed by atoms with Gasteiger partial charge in [-0.25, -0.2) is 0 Å². The Morgan fingerprint density at radius 1 is 1.19 bits per heavy atom. The van der Waals surface area contributed by atoms with E-state index in [2.05, 4.69) is 49.6 Å². The van der Waals surface area contributed by atoms with Crippen LogP contribution in [0.3, 0.4) is 0 Å². The maximum absolute atomic E-state index is 5.93. The Morgan fingerprint density at radius 2 is 1.85 bits per heavy atom. The molecule has 1 nitrogen and oxygen atoms in total. The second-order valence-corrected chi connectivity index (χ2v) is 7.85. The molecule has 26 heavy (non-hydrogen) atoms. The van der Waals surface area contributed by atoms with Crippen LogP contribution in [-0.4, -0.2) is 6.61 Å².